The molecule has 0 amide bonds. The zero-order valence-electron chi connectivity index (χ0n) is 12.5. The summed E-state index contributed by atoms with van der Waals surface area (Å²) in [4.78, 5) is 22.5. The molecule has 0 bridgehead atoms. The van der Waals surface area contributed by atoms with Gasteiger partial charge in [-0.05, 0) is 12.8 Å². The van der Waals surface area contributed by atoms with Crippen LogP contribution in [0.3, 0.4) is 0 Å². The topological polar surface area (TPSA) is 52.6 Å². The molecule has 0 unspecified atom stereocenters. The Hall–Kier alpha value is -1.10. The molecule has 0 aliphatic carbocycles. The number of carbonyl (C=O) groups excluding carboxylic acids is 2. The highest BCUT2D eigenvalue weighted by atomic mass is 28.3. The second kappa shape index (κ2) is 9.78. The van der Waals surface area contributed by atoms with E-state index in [4.69, 9.17) is 9.47 Å². The van der Waals surface area contributed by atoms with Crippen LogP contribution in [0.15, 0.2) is 12.2 Å². The molecule has 4 nitrogen and oxygen atoms in total. The lowest BCUT2D eigenvalue weighted by molar-refractivity contribution is -0.140. The van der Waals surface area contributed by atoms with Crippen molar-refractivity contribution in [2.24, 2.45) is 0 Å². The van der Waals surface area contributed by atoms with Crippen molar-refractivity contribution in [1.82, 2.24) is 0 Å². The highest BCUT2D eigenvalue weighted by molar-refractivity contribution is 6.76. The molecular formula is C14H26O4Si. The van der Waals surface area contributed by atoms with Crippen LogP contribution in [0.1, 0.15) is 26.2 Å². The molecule has 110 valence electrons. The normalized spacial score (nSPS) is 11.6. The molecule has 0 aromatic heterocycles. The van der Waals surface area contributed by atoms with E-state index in [2.05, 4.69) is 19.6 Å². The average Bonchev–Trinajstić information content (AvgIpc) is 2.31. The summed E-state index contributed by atoms with van der Waals surface area (Å²) in [6.07, 6.45) is 4.94. The lowest BCUT2D eigenvalue weighted by Gasteiger charge is -2.14. The van der Waals surface area contributed by atoms with Crippen LogP contribution in [0.4, 0.5) is 0 Å². The van der Waals surface area contributed by atoms with Gasteiger partial charge in [0, 0.05) is 20.2 Å². The van der Waals surface area contributed by atoms with E-state index in [1.165, 1.54) is 0 Å². The second-order valence-corrected chi connectivity index (χ2v) is 11.3. The molecule has 0 aliphatic heterocycles. The molecule has 0 saturated heterocycles. The minimum atomic E-state index is -1.07. The maximum atomic E-state index is 11.3. The summed E-state index contributed by atoms with van der Waals surface area (Å²) in [5.74, 6) is -0.976. The molecular weight excluding hydrogens is 260 g/mol. The SMILES string of the molecule is CCCCOC(=O)/C=C/C(=O)OCCC[Si](C)(C)C. The van der Waals surface area contributed by atoms with Crippen LogP contribution in [0.2, 0.25) is 25.7 Å². The first-order valence-electron chi connectivity index (χ1n) is 6.87. The van der Waals surface area contributed by atoms with E-state index in [1.807, 2.05) is 6.92 Å². The van der Waals surface area contributed by atoms with E-state index in [9.17, 15) is 9.59 Å². The van der Waals surface area contributed by atoms with E-state index >= 15 is 0 Å². The van der Waals surface area contributed by atoms with Gasteiger partial charge in [0.15, 0.2) is 0 Å². The van der Waals surface area contributed by atoms with Crippen molar-refractivity contribution < 1.29 is 19.1 Å². The van der Waals surface area contributed by atoms with Gasteiger partial charge in [0.1, 0.15) is 0 Å². The predicted octanol–water partition coefficient (Wildman–Crippen LogP) is 3.16. The van der Waals surface area contributed by atoms with Crippen molar-refractivity contribution in [3.8, 4) is 0 Å². The van der Waals surface area contributed by atoms with Crippen molar-refractivity contribution >= 4 is 20.0 Å². The van der Waals surface area contributed by atoms with Gasteiger partial charge in [-0.1, -0.05) is 39.0 Å². The van der Waals surface area contributed by atoms with Crippen LogP contribution in [-0.4, -0.2) is 33.2 Å². The number of ether oxygens (including phenoxy) is 2. The third-order valence-corrected chi connectivity index (χ3v) is 4.27. The minimum absolute atomic E-state index is 0.394. The third kappa shape index (κ3) is 13.1. The van der Waals surface area contributed by atoms with Gasteiger partial charge >= 0.3 is 11.9 Å². The first kappa shape index (κ1) is 17.9. The third-order valence-electron chi connectivity index (χ3n) is 2.41. The van der Waals surface area contributed by atoms with Crippen LogP contribution in [0, 0.1) is 0 Å². The van der Waals surface area contributed by atoms with Crippen molar-refractivity contribution in [1.29, 1.82) is 0 Å². The Labute approximate surface area is 117 Å². The fourth-order valence-corrected chi connectivity index (χ4v) is 2.53. The lowest BCUT2D eigenvalue weighted by atomic mass is 10.4. The van der Waals surface area contributed by atoms with E-state index in [0.717, 1.165) is 37.5 Å². The maximum absolute atomic E-state index is 11.3. The Kier molecular flexibility index (Phi) is 9.21. The predicted molar refractivity (Wildman–Crippen MR) is 78.7 cm³/mol. The summed E-state index contributed by atoms with van der Waals surface area (Å²) in [6, 6.07) is 1.13. The smallest absolute Gasteiger partial charge is 0.331 e. The van der Waals surface area contributed by atoms with Gasteiger partial charge in [-0.25, -0.2) is 9.59 Å². The van der Waals surface area contributed by atoms with Crippen molar-refractivity contribution in [3.05, 3.63) is 12.2 Å². The summed E-state index contributed by atoms with van der Waals surface area (Å²) < 4.78 is 9.88. The van der Waals surface area contributed by atoms with Gasteiger partial charge in [-0.2, -0.15) is 0 Å². The van der Waals surface area contributed by atoms with Crippen molar-refractivity contribution in [3.63, 3.8) is 0 Å². The van der Waals surface area contributed by atoms with Crippen LogP contribution in [-0.2, 0) is 19.1 Å². The van der Waals surface area contributed by atoms with Crippen LogP contribution >= 0.6 is 0 Å². The zero-order chi connectivity index (χ0) is 14.7. The summed E-state index contributed by atoms with van der Waals surface area (Å²) in [5, 5.41) is 0. The summed E-state index contributed by atoms with van der Waals surface area (Å²) >= 11 is 0. The van der Waals surface area contributed by atoms with Gasteiger partial charge in [0.05, 0.1) is 13.2 Å². The molecule has 19 heavy (non-hydrogen) atoms. The molecule has 0 saturated carbocycles. The van der Waals surface area contributed by atoms with Gasteiger partial charge in [0.2, 0.25) is 0 Å². The van der Waals surface area contributed by atoms with Crippen molar-refractivity contribution in [2.45, 2.75) is 51.9 Å². The van der Waals surface area contributed by atoms with Gasteiger partial charge in [0.25, 0.3) is 0 Å². The van der Waals surface area contributed by atoms with Gasteiger partial charge in [-0.3, -0.25) is 0 Å². The number of rotatable bonds is 9. The van der Waals surface area contributed by atoms with Crippen molar-refractivity contribution in [2.75, 3.05) is 13.2 Å². The molecule has 0 radical (unpaired) electrons. The van der Waals surface area contributed by atoms with Gasteiger partial charge < -0.3 is 9.47 Å². The lowest BCUT2D eigenvalue weighted by Crippen LogP contribution is -2.20. The Morgan fingerprint density at radius 3 is 1.84 bits per heavy atom. The summed E-state index contributed by atoms with van der Waals surface area (Å²) in [6.45, 7) is 9.66. The van der Waals surface area contributed by atoms with Crippen LogP contribution in [0.25, 0.3) is 0 Å². The van der Waals surface area contributed by atoms with Gasteiger partial charge in [-0.15, -0.1) is 0 Å². The quantitative estimate of drug-likeness (QED) is 0.283. The maximum Gasteiger partial charge on any atom is 0.331 e. The van der Waals surface area contributed by atoms with E-state index < -0.39 is 20.0 Å². The highest BCUT2D eigenvalue weighted by Gasteiger charge is 2.12. The van der Waals surface area contributed by atoms with E-state index in [1.54, 1.807) is 0 Å². The molecule has 0 N–H and O–H groups in total. The molecule has 0 aromatic carbocycles. The minimum Gasteiger partial charge on any atom is -0.463 e. The molecule has 0 spiro atoms. The first-order chi connectivity index (χ1) is 8.85. The molecule has 0 aromatic rings. The molecule has 0 aliphatic rings. The number of esters is 2. The summed E-state index contributed by atoms with van der Waals surface area (Å²) in [5.41, 5.74) is 0. The van der Waals surface area contributed by atoms with Crippen LogP contribution in [0.5, 0.6) is 0 Å². The standard InChI is InChI=1S/C14H26O4Si/c1-5-6-10-17-13(15)8-9-14(16)18-11-7-12-19(2,3)4/h8-9H,5-7,10-12H2,1-4H3/b9-8+. The van der Waals surface area contributed by atoms with Crippen LogP contribution < -0.4 is 0 Å². The number of carbonyl (C=O) groups is 2. The Morgan fingerprint density at radius 2 is 1.42 bits per heavy atom. The molecule has 0 fully saturated rings. The van der Waals surface area contributed by atoms with E-state index in [-0.39, 0.29) is 0 Å². The largest absolute Gasteiger partial charge is 0.463 e. The Bertz CT molecular complexity index is 305. The zero-order valence-corrected chi connectivity index (χ0v) is 13.5. The molecule has 0 rings (SSSR count). The molecule has 0 atom stereocenters. The Morgan fingerprint density at radius 1 is 0.947 bits per heavy atom. The summed E-state index contributed by atoms with van der Waals surface area (Å²) in [7, 11) is -1.07. The number of hydrogen-bond acceptors (Lipinski definition) is 4. The fraction of sp³-hybridized carbons (Fsp3) is 0.714. The Balaban J connectivity index is 3.70. The molecule has 5 heteroatoms. The number of unbranched alkanes of at least 4 members (excludes halogenated alkanes) is 1. The first-order valence-corrected chi connectivity index (χ1v) is 10.6. The fourth-order valence-electron chi connectivity index (χ4n) is 1.32. The van der Waals surface area contributed by atoms with E-state index in [0.29, 0.717) is 13.2 Å². The number of hydrogen-bond donors (Lipinski definition) is 0. The molecule has 0 heterocycles. The highest BCUT2D eigenvalue weighted by Crippen LogP contribution is 2.10. The monoisotopic (exact) mass is 286 g/mol. The second-order valence-electron chi connectivity index (χ2n) is 5.69. The average molecular weight is 286 g/mol.